The zero-order valence-corrected chi connectivity index (χ0v) is 51.5. The van der Waals surface area contributed by atoms with Gasteiger partial charge in [-0.2, -0.15) is 0 Å². The number of unbranched alkanes of at least 4 members (excludes halogenated alkanes) is 36. The Bertz CT molecular complexity index is 1490. The van der Waals surface area contributed by atoms with E-state index in [-0.39, 0.29) is 25.9 Å². The predicted octanol–water partition coefficient (Wildman–Crippen LogP) is 19.7. The van der Waals surface area contributed by atoms with Gasteiger partial charge in [0, 0.05) is 19.3 Å². The van der Waals surface area contributed by atoms with Crippen molar-refractivity contribution in [1.82, 2.24) is 0 Å². The second-order valence-corrected chi connectivity index (χ2v) is 23.4. The number of carbonyl (C=O) groups is 3. The van der Waals surface area contributed by atoms with Crippen molar-refractivity contribution in [2.45, 2.75) is 328 Å². The first-order valence-corrected chi connectivity index (χ1v) is 34.0. The average Bonchev–Trinajstić information content (AvgIpc) is 3.43. The van der Waals surface area contributed by atoms with E-state index in [0.717, 1.165) is 96.3 Å². The van der Waals surface area contributed by atoms with E-state index in [2.05, 4.69) is 69.4 Å². The highest BCUT2D eigenvalue weighted by molar-refractivity contribution is 7.47. The lowest BCUT2D eigenvalue weighted by Crippen LogP contribution is -2.30. The smallest absolute Gasteiger partial charge is 0.462 e. The third-order valence-electron chi connectivity index (χ3n) is 14.2. The Morgan fingerprint density at radius 1 is 0.359 bits per heavy atom. The highest BCUT2D eigenvalue weighted by Crippen LogP contribution is 2.43. The maximum atomic E-state index is 13.0. The van der Waals surface area contributed by atoms with Gasteiger partial charge in [-0.3, -0.25) is 23.4 Å². The lowest BCUT2D eigenvalue weighted by molar-refractivity contribution is -0.161. The summed E-state index contributed by atoms with van der Waals surface area (Å²) in [5, 5.41) is 9.85. The summed E-state index contributed by atoms with van der Waals surface area (Å²) < 4.78 is 39.7. The van der Waals surface area contributed by atoms with Crippen LogP contribution in [0.2, 0.25) is 0 Å². The molecule has 3 unspecified atom stereocenters. The molecular weight excluding hydrogens is 1000 g/mol. The van der Waals surface area contributed by atoms with E-state index in [4.69, 9.17) is 23.3 Å². The molecule has 3 atom stereocenters. The Hall–Kier alpha value is -2.56. The van der Waals surface area contributed by atoms with Gasteiger partial charge >= 0.3 is 25.7 Å². The van der Waals surface area contributed by atoms with Crippen molar-refractivity contribution in [2.24, 2.45) is 0 Å². The van der Waals surface area contributed by atoms with E-state index in [1.807, 2.05) is 0 Å². The van der Waals surface area contributed by atoms with Gasteiger partial charge in [-0.15, -0.1) is 0 Å². The number of hydrogen-bond acceptors (Lipinski definition) is 10. The van der Waals surface area contributed by atoms with Crippen LogP contribution < -0.4 is 0 Å². The van der Waals surface area contributed by atoms with Gasteiger partial charge in [0.1, 0.15) is 12.7 Å². The molecule has 11 nitrogen and oxygen atoms in total. The van der Waals surface area contributed by atoms with Gasteiger partial charge in [-0.25, -0.2) is 4.57 Å². The second kappa shape index (κ2) is 60.5. The molecule has 78 heavy (non-hydrogen) atoms. The molecule has 0 aromatic rings. The van der Waals surface area contributed by atoms with Crippen LogP contribution in [-0.2, 0) is 42.2 Å². The van der Waals surface area contributed by atoms with Crippen LogP contribution >= 0.6 is 7.82 Å². The standard InChI is InChI=1S/C66H121O11P/c1-4-7-10-13-16-19-22-25-28-30-31-33-36-39-42-45-48-51-54-57-66(70)77-63(59-73-64(68)55-52-49-46-43-40-37-34-27-24-21-18-15-12-9-6-3)61-75-78(71,72)74-60-62(58-67)76-65(69)56-53-50-47-44-41-38-35-32-29-26-23-20-17-14-11-8-5-2/h16,19,25-29,34,62-63,67H,4-15,17-18,20-24,30-33,35-61H2,1-3H3,(H,71,72)/b19-16-,28-25-,29-26-,34-27-. The molecule has 0 aliphatic carbocycles. The fraction of sp³-hybridized carbons (Fsp3) is 0.833. The minimum absolute atomic E-state index is 0.163. The second-order valence-electron chi connectivity index (χ2n) is 21.9. The summed E-state index contributed by atoms with van der Waals surface area (Å²) >= 11 is 0. The van der Waals surface area contributed by atoms with Gasteiger partial charge in [0.05, 0.1) is 19.8 Å². The molecule has 0 rings (SSSR count). The zero-order valence-electron chi connectivity index (χ0n) is 50.6. The van der Waals surface area contributed by atoms with Crippen molar-refractivity contribution in [3.63, 3.8) is 0 Å². The van der Waals surface area contributed by atoms with Gasteiger partial charge in [0.15, 0.2) is 6.10 Å². The number of esters is 3. The van der Waals surface area contributed by atoms with Gasteiger partial charge in [0.2, 0.25) is 0 Å². The summed E-state index contributed by atoms with van der Waals surface area (Å²) in [7, 11) is -4.75. The molecular formula is C66H121O11P. The molecule has 2 N–H and O–H groups in total. The number of ether oxygens (including phenoxy) is 3. The summed E-state index contributed by atoms with van der Waals surface area (Å²) in [4.78, 5) is 48.7. The third kappa shape index (κ3) is 58.1. The van der Waals surface area contributed by atoms with Gasteiger partial charge in [-0.1, -0.05) is 243 Å². The molecule has 0 radical (unpaired) electrons. The lowest BCUT2D eigenvalue weighted by atomic mass is 10.1. The summed E-state index contributed by atoms with van der Waals surface area (Å²) in [5.41, 5.74) is 0. The number of hydrogen-bond donors (Lipinski definition) is 2. The fourth-order valence-corrected chi connectivity index (χ4v) is 9.99. The third-order valence-corrected chi connectivity index (χ3v) is 15.1. The van der Waals surface area contributed by atoms with Crippen LogP contribution in [0.5, 0.6) is 0 Å². The minimum atomic E-state index is -4.75. The predicted molar refractivity (Wildman–Crippen MR) is 325 cm³/mol. The van der Waals surface area contributed by atoms with Crippen molar-refractivity contribution < 1.29 is 52.2 Å². The van der Waals surface area contributed by atoms with E-state index in [9.17, 15) is 28.9 Å². The first-order chi connectivity index (χ1) is 38.2. The van der Waals surface area contributed by atoms with Crippen LogP contribution in [0.4, 0.5) is 0 Å². The molecule has 0 aromatic carbocycles. The zero-order chi connectivity index (χ0) is 56.9. The molecule has 0 bridgehead atoms. The number of phosphoric ester groups is 1. The van der Waals surface area contributed by atoms with Gasteiger partial charge in [0.25, 0.3) is 0 Å². The number of allylic oxidation sites excluding steroid dienone is 8. The molecule has 0 fully saturated rings. The Kier molecular flexibility index (Phi) is 58.5. The number of aliphatic hydroxyl groups excluding tert-OH is 1. The number of carbonyl (C=O) groups excluding carboxylic acids is 3. The largest absolute Gasteiger partial charge is 0.472 e. The van der Waals surface area contributed by atoms with E-state index in [1.165, 1.54) is 161 Å². The Morgan fingerprint density at radius 3 is 0.987 bits per heavy atom. The minimum Gasteiger partial charge on any atom is -0.462 e. The maximum Gasteiger partial charge on any atom is 0.472 e. The summed E-state index contributed by atoms with van der Waals surface area (Å²) in [5.74, 6) is -1.46. The Morgan fingerprint density at radius 2 is 0.628 bits per heavy atom. The Labute approximate surface area is 479 Å². The normalized spacial score (nSPS) is 13.6. The monoisotopic (exact) mass is 1120 g/mol. The molecule has 0 saturated carbocycles. The topological polar surface area (TPSA) is 155 Å². The SMILES string of the molecule is CCCCC/C=C\C/C=C\CCCCCCCCCCCC(=O)OC(COC(=O)CCCCCCC/C=C\CCCCCCCC)COP(=O)(O)OCC(CO)OC(=O)CCCCCCCCC/C=C\CCCCCCCC. The average molecular weight is 1120 g/mol. The molecule has 0 aliphatic rings. The van der Waals surface area contributed by atoms with Gasteiger partial charge < -0.3 is 24.2 Å². The fourth-order valence-electron chi connectivity index (χ4n) is 9.20. The quantitative estimate of drug-likeness (QED) is 0.0197. The van der Waals surface area contributed by atoms with Crippen LogP contribution in [0.25, 0.3) is 0 Å². The number of aliphatic hydroxyl groups is 1. The van der Waals surface area contributed by atoms with Crippen LogP contribution in [0.1, 0.15) is 316 Å². The molecule has 12 heteroatoms. The molecule has 0 heterocycles. The molecule has 0 aromatic heterocycles. The van der Waals surface area contributed by atoms with Crippen LogP contribution in [0.3, 0.4) is 0 Å². The van der Waals surface area contributed by atoms with E-state index < -0.39 is 57.8 Å². The van der Waals surface area contributed by atoms with E-state index in [1.54, 1.807) is 0 Å². The summed E-state index contributed by atoms with van der Waals surface area (Å²) in [6.07, 6.45) is 66.2. The van der Waals surface area contributed by atoms with Crippen LogP contribution in [0, 0.1) is 0 Å². The summed E-state index contributed by atoms with van der Waals surface area (Å²) in [6, 6.07) is 0. The number of phosphoric acid groups is 1. The maximum absolute atomic E-state index is 13.0. The highest BCUT2D eigenvalue weighted by atomic mass is 31.2. The van der Waals surface area contributed by atoms with Crippen molar-refractivity contribution in [3.05, 3.63) is 48.6 Å². The first kappa shape index (κ1) is 75.4. The summed E-state index contributed by atoms with van der Waals surface area (Å²) in [6.45, 7) is 4.65. The first-order valence-electron chi connectivity index (χ1n) is 32.5. The lowest BCUT2D eigenvalue weighted by Gasteiger charge is -2.21. The molecule has 0 saturated heterocycles. The van der Waals surface area contributed by atoms with Crippen LogP contribution in [-0.4, -0.2) is 66.5 Å². The van der Waals surface area contributed by atoms with Crippen molar-refractivity contribution >= 4 is 25.7 Å². The van der Waals surface area contributed by atoms with Gasteiger partial charge in [-0.05, 0) is 103 Å². The molecule has 456 valence electrons. The van der Waals surface area contributed by atoms with Crippen molar-refractivity contribution in [2.75, 3.05) is 26.4 Å². The highest BCUT2D eigenvalue weighted by Gasteiger charge is 2.28. The molecule has 0 amide bonds. The molecule has 0 spiro atoms. The molecule has 0 aliphatic heterocycles. The van der Waals surface area contributed by atoms with Crippen molar-refractivity contribution in [1.29, 1.82) is 0 Å². The van der Waals surface area contributed by atoms with Crippen LogP contribution in [0.15, 0.2) is 48.6 Å². The number of rotatable bonds is 61. The van der Waals surface area contributed by atoms with Crippen molar-refractivity contribution in [3.8, 4) is 0 Å². The Balaban J connectivity index is 4.68. The van der Waals surface area contributed by atoms with E-state index in [0.29, 0.717) is 19.3 Å². The van der Waals surface area contributed by atoms with E-state index >= 15 is 0 Å².